The zero-order valence-electron chi connectivity index (χ0n) is 22.8. The van der Waals surface area contributed by atoms with Crippen molar-refractivity contribution in [3.05, 3.63) is 144 Å². The summed E-state index contributed by atoms with van der Waals surface area (Å²) in [5.74, 6) is 0. The van der Waals surface area contributed by atoms with Crippen LogP contribution < -0.4 is 4.90 Å². The standard InChI is InChI=1S/C38H21N3O2/c1-40-33-9-6-10-34(32(33)23-39)41(27-18-19-30-28-7-2-4-11-35(28)43-38(30)22-27)26-16-13-24(14-17-26)25-15-20-37-31(21-25)29-8-3-5-12-36(29)42-37/h2-22H. The molecule has 0 atom stereocenters. The van der Waals surface area contributed by atoms with Gasteiger partial charge in [0.15, 0.2) is 0 Å². The van der Waals surface area contributed by atoms with Gasteiger partial charge in [-0.25, -0.2) is 4.85 Å². The van der Waals surface area contributed by atoms with Crippen LogP contribution in [0.5, 0.6) is 0 Å². The zero-order chi connectivity index (χ0) is 28.9. The van der Waals surface area contributed by atoms with Crippen LogP contribution in [-0.2, 0) is 0 Å². The smallest absolute Gasteiger partial charge is 0.206 e. The third-order valence-electron chi connectivity index (χ3n) is 7.95. The molecule has 5 nitrogen and oxygen atoms in total. The van der Waals surface area contributed by atoms with Crippen LogP contribution >= 0.6 is 0 Å². The van der Waals surface area contributed by atoms with Crippen LogP contribution in [0, 0.1) is 17.9 Å². The number of hydrogen-bond donors (Lipinski definition) is 0. The molecule has 0 unspecified atom stereocenters. The Kier molecular flexibility index (Phi) is 5.50. The highest BCUT2D eigenvalue weighted by molar-refractivity contribution is 6.07. The van der Waals surface area contributed by atoms with Gasteiger partial charge in [0.2, 0.25) is 5.69 Å². The van der Waals surface area contributed by atoms with E-state index in [2.05, 4.69) is 41.2 Å². The van der Waals surface area contributed by atoms with Crippen molar-refractivity contribution < 1.29 is 8.83 Å². The summed E-state index contributed by atoms with van der Waals surface area (Å²) >= 11 is 0. The van der Waals surface area contributed by atoms with Gasteiger partial charge in [-0.15, -0.1) is 0 Å². The van der Waals surface area contributed by atoms with Crippen molar-refractivity contribution in [3.63, 3.8) is 0 Å². The fraction of sp³-hybridized carbons (Fsp3) is 0. The van der Waals surface area contributed by atoms with Crippen LogP contribution in [0.1, 0.15) is 5.56 Å². The lowest BCUT2D eigenvalue weighted by molar-refractivity contribution is 0.668. The maximum Gasteiger partial charge on any atom is 0.206 e. The molecule has 200 valence electrons. The van der Waals surface area contributed by atoms with Gasteiger partial charge in [-0.1, -0.05) is 66.7 Å². The van der Waals surface area contributed by atoms with Gasteiger partial charge in [-0.3, -0.25) is 0 Å². The molecule has 0 amide bonds. The first-order valence-corrected chi connectivity index (χ1v) is 13.9. The Hall–Kier alpha value is -6.30. The zero-order valence-corrected chi connectivity index (χ0v) is 22.8. The lowest BCUT2D eigenvalue weighted by atomic mass is 10.0. The van der Waals surface area contributed by atoms with E-state index in [0.717, 1.165) is 66.4 Å². The molecule has 0 fully saturated rings. The number of nitriles is 1. The molecule has 0 aliphatic heterocycles. The van der Waals surface area contributed by atoms with Crippen LogP contribution in [0.2, 0.25) is 0 Å². The van der Waals surface area contributed by atoms with Crippen LogP contribution in [0.25, 0.3) is 59.8 Å². The van der Waals surface area contributed by atoms with Crippen molar-refractivity contribution in [2.24, 2.45) is 0 Å². The molecule has 8 aromatic rings. The second-order valence-corrected chi connectivity index (χ2v) is 10.4. The van der Waals surface area contributed by atoms with Gasteiger partial charge >= 0.3 is 0 Å². The second-order valence-electron chi connectivity index (χ2n) is 10.4. The minimum absolute atomic E-state index is 0.312. The number of nitrogens with zero attached hydrogens (tertiary/aromatic N) is 3. The molecular weight excluding hydrogens is 530 g/mol. The quantitative estimate of drug-likeness (QED) is 0.204. The first-order valence-electron chi connectivity index (χ1n) is 13.9. The first kappa shape index (κ1) is 24.5. The van der Waals surface area contributed by atoms with E-state index < -0.39 is 0 Å². The fourth-order valence-electron chi connectivity index (χ4n) is 5.91. The first-order chi connectivity index (χ1) is 21.2. The SMILES string of the molecule is [C-]#[N+]c1cccc(N(c2ccc(-c3ccc4oc5ccccc5c4c3)cc2)c2ccc3c(c2)oc2ccccc23)c1C#N. The van der Waals surface area contributed by atoms with Crippen molar-refractivity contribution in [1.29, 1.82) is 5.26 Å². The molecule has 5 heteroatoms. The molecule has 0 N–H and O–H groups in total. The summed E-state index contributed by atoms with van der Waals surface area (Å²) in [5.41, 5.74) is 8.38. The minimum atomic E-state index is 0.312. The van der Waals surface area contributed by atoms with E-state index >= 15 is 0 Å². The second kappa shape index (κ2) is 9.66. The normalized spacial score (nSPS) is 11.2. The number of furan rings is 2. The Labute approximate surface area is 246 Å². The van der Waals surface area contributed by atoms with E-state index in [9.17, 15) is 5.26 Å². The molecule has 43 heavy (non-hydrogen) atoms. The Morgan fingerprint density at radius 3 is 1.93 bits per heavy atom. The Morgan fingerprint density at radius 1 is 0.558 bits per heavy atom. The molecular formula is C38H21N3O2. The molecule has 0 radical (unpaired) electrons. The maximum absolute atomic E-state index is 10.1. The van der Waals surface area contributed by atoms with Crippen LogP contribution in [-0.4, -0.2) is 0 Å². The predicted octanol–water partition coefficient (Wildman–Crippen LogP) is 11.0. The highest BCUT2D eigenvalue weighted by Gasteiger charge is 2.20. The molecule has 8 rings (SSSR count). The summed E-state index contributed by atoms with van der Waals surface area (Å²) in [6.07, 6.45) is 0. The van der Waals surface area contributed by atoms with Crippen molar-refractivity contribution in [2.75, 3.05) is 4.90 Å². The van der Waals surface area contributed by atoms with E-state index in [0.29, 0.717) is 16.9 Å². The van der Waals surface area contributed by atoms with Gasteiger partial charge in [0.25, 0.3) is 0 Å². The monoisotopic (exact) mass is 551 g/mol. The highest BCUT2D eigenvalue weighted by Crippen LogP contribution is 2.42. The average molecular weight is 552 g/mol. The van der Waals surface area contributed by atoms with E-state index in [1.807, 2.05) is 95.9 Å². The van der Waals surface area contributed by atoms with Crippen molar-refractivity contribution in [2.45, 2.75) is 0 Å². The van der Waals surface area contributed by atoms with E-state index in [4.69, 9.17) is 15.4 Å². The topological polar surface area (TPSA) is 57.7 Å². The summed E-state index contributed by atoms with van der Waals surface area (Å²) in [7, 11) is 0. The van der Waals surface area contributed by atoms with E-state index in [1.165, 1.54) is 0 Å². The summed E-state index contributed by atoms with van der Waals surface area (Å²) in [4.78, 5) is 5.63. The third-order valence-corrected chi connectivity index (χ3v) is 7.95. The van der Waals surface area contributed by atoms with E-state index in [-0.39, 0.29) is 0 Å². The average Bonchev–Trinajstić information content (AvgIpc) is 3.62. The van der Waals surface area contributed by atoms with Crippen molar-refractivity contribution in [1.82, 2.24) is 0 Å². The molecule has 2 heterocycles. The summed E-state index contributed by atoms with van der Waals surface area (Å²) in [5, 5.41) is 14.4. The number of para-hydroxylation sites is 2. The molecule has 0 bridgehead atoms. The molecule has 6 aromatic carbocycles. The predicted molar refractivity (Wildman–Crippen MR) is 172 cm³/mol. The lowest BCUT2D eigenvalue weighted by Crippen LogP contribution is -2.11. The third kappa shape index (κ3) is 3.92. The van der Waals surface area contributed by atoms with Gasteiger partial charge in [-0.05, 0) is 65.7 Å². The number of fused-ring (bicyclic) bond motifs is 6. The van der Waals surface area contributed by atoms with E-state index in [1.54, 1.807) is 6.07 Å². The molecule has 0 aliphatic carbocycles. The van der Waals surface area contributed by atoms with Gasteiger partial charge in [0.1, 0.15) is 22.3 Å². The maximum atomic E-state index is 10.1. The number of anilines is 3. The lowest BCUT2D eigenvalue weighted by Gasteiger charge is -2.27. The van der Waals surface area contributed by atoms with Crippen molar-refractivity contribution in [3.8, 4) is 17.2 Å². The van der Waals surface area contributed by atoms with Gasteiger partial charge in [0.05, 0.1) is 23.9 Å². The van der Waals surface area contributed by atoms with Gasteiger partial charge in [0, 0.05) is 39.0 Å². The fourth-order valence-corrected chi connectivity index (χ4v) is 5.91. The minimum Gasteiger partial charge on any atom is -0.456 e. The highest BCUT2D eigenvalue weighted by atomic mass is 16.3. The summed E-state index contributed by atoms with van der Waals surface area (Å²) in [6.45, 7) is 7.66. The Balaban J connectivity index is 1.27. The van der Waals surface area contributed by atoms with Crippen molar-refractivity contribution >= 4 is 66.6 Å². The molecule has 0 saturated heterocycles. The molecule has 2 aromatic heterocycles. The van der Waals surface area contributed by atoms with Crippen LogP contribution in [0.15, 0.2) is 136 Å². The Morgan fingerprint density at radius 2 is 1.19 bits per heavy atom. The molecule has 0 aliphatic rings. The summed E-state index contributed by atoms with van der Waals surface area (Å²) in [6, 6.07) is 44.2. The number of hydrogen-bond acceptors (Lipinski definition) is 4. The van der Waals surface area contributed by atoms with Crippen LogP contribution in [0.3, 0.4) is 0 Å². The number of benzene rings is 6. The molecule has 0 saturated carbocycles. The number of rotatable bonds is 4. The summed E-state index contributed by atoms with van der Waals surface area (Å²) < 4.78 is 12.2. The van der Waals surface area contributed by atoms with Gasteiger partial charge in [-0.2, -0.15) is 5.26 Å². The van der Waals surface area contributed by atoms with Gasteiger partial charge < -0.3 is 13.7 Å². The largest absolute Gasteiger partial charge is 0.456 e. The molecule has 0 spiro atoms. The van der Waals surface area contributed by atoms with Crippen LogP contribution in [0.4, 0.5) is 22.7 Å². The Bertz CT molecular complexity index is 2440.